The van der Waals surface area contributed by atoms with Crippen LogP contribution in [-0.4, -0.2) is 81.1 Å². The van der Waals surface area contributed by atoms with E-state index in [1.54, 1.807) is 4.98 Å². The molecule has 0 saturated carbocycles. The fourth-order valence-electron chi connectivity index (χ4n) is 2.69. The molecular weight excluding hydrogens is 711 g/mol. The molecule has 0 aliphatic heterocycles. The average Bonchev–Trinajstić information content (AvgIpc) is 2.79. The summed E-state index contributed by atoms with van der Waals surface area (Å²) in [5.74, 6) is -73.0. The molecular formula is C16H7F21N4S2. The van der Waals surface area contributed by atoms with E-state index < -0.39 is 86.5 Å². The largest absolute Gasteiger partial charge is 0.460 e. The predicted octanol–water partition coefficient (Wildman–Crippen LogP) is 8.43. The lowest BCUT2D eigenvalue weighted by Gasteiger charge is -2.45. The van der Waals surface area contributed by atoms with Crippen LogP contribution in [0.5, 0.6) is 0 Å². The molecule has 0 spiro atoms. The van der Waals surface area contributed by atoms with Crippen LogP contribution in [0.1, 0.15) is 0 Å². The summed E-state index contributed by atoms with van der Waals surface area (Å²) < 4.78 is 284. The highest BCUT2D eigenvalue weighted by atomic mass is 32.1. The highest BCUT2D eigenvalue weighted by Gasteiger charge is 2.98. The first-order valence-corrected chi connectivity index (χ1v) is 10.5. The Hall–Kier alpha value is -2.48. The van der Waals surface area contributed by atoms with Gasteiger partial charge in [-0.05, 0) is 24.4 Å². The number of anilines is 1. The van der Waals surface area contributed by atoms with E-state index in [0.717, 1.165) is 0 Å². The second-order valence-electron chi connectivity index (χ2n) is 7.85. The zero-order chi connectivity index (χ0) is 34.8. The standard InChI is InChI=1S/C16H7F21N4S2/c1-2-3-41(4-38-5(42)40-6(43)39-4)16(36,37)14(31,32)12(27,28)10(23,24)8(19,20)7(17,18)9(21,22)11(25,26)13(29,30)15(33,34)35/h2H,1,3H2,(H2,38,39,40,42,43). The molecule has 0 saturated heterocycles. The molecule has 43 heavy (non-hydrogen) atoms. The van der Waals surface area contributed by atoms with Gasteiger partial charge in [0.05, 0.1) is 0 Å². The summed E-state index contributed by atoms with van der Waals surface area (Å²) in [4.78, 5) is 4.51. The maximum absolute atomic E-state index is 14.7. The first-order chi connectivity index (χ1) is 18.6. The van der Waals surface area contributed by atoms with E-state index in [-0.39, 0.29) is 6.08 Å². The van der Waals surface area contributed by atoms with E-state index in [0.29, 0.717) is 0 Å². The highest BCUT2D eigenvalue weighted by molar-refractivity contribution is 7.71. The number of aromatic nitrogens is 3. The van der Waals surface area contributed by atoms with E-state index in [4.69, 9.17) is 0 Å². The number of H-pyrrole nitrogens is 2. The molecule has 0 aromatic carbocycles. The van der Waals surface area contributed by atoms with Gasteiger partial charge in [-0.1, -0.05) is 6.08 Å². The number of hydrogen-bond donors (Lipinski definition) is 2. The van der Waals surface area contributed by atoms with E-state index in [9.17, 15) is 92.2 Å². The topological polar surface area (TPSA) is 47.7 Å². The maximum Gasteiger partial charge on any atom is 0.460 e. The normalized spacial score (nSPS) is 15.5. The van der Waals surface area contributed by atoms with Crippen LogP contribution in [0.15, 0.2) is 12.7 Å². The lowest BCUT2D eigenvalue weighted by molar-refractivity contribution is -0.474. The van der Waals surface area contributed by atoms with Crippen molar-refractivity contribution < 1.29 is 92.2 Å². The van der Waals surface area contributed by atoms with Crippen molar-refractivity contribution in [1.29, 1.82) is 0 Å². The van der Waals surface area contributed by atoms with Crippen LogP contribution < -0.4 is 4.90 Å². The van der Waals surface area contributed by atoms with Gasteiger partial charge in [-0.2, -0.15) is 97.2 Å². The molecule has 1 aromatic heterocycles. The molecule has 0 aliphatic rings. The van der Waals surface area contributed by atoms with Gasteiger partial charge >= 0.3 is 59.6 Å². The minimum Gasteiger partial charge on any atom is -0.308 e. The van der Waals surface area contributed by atoms with Crippen molar-refractivity contribution in [1.82, 2.24) is 15.0 Å². The zero-order valence-electron chi connectivity index (χ0n) is 19.1. The molecule has 0 radical (unpaired) electrons. The maximum atomic E-state index is 14.7. The Morgan fingerprint density at radius 2 is 0.884 bits per heavy atom. The van der Waals surface area contributed by atoms with Crippen molar-refractivity contribution in [2.75, 3.05) is 11.4 Å². The third kappa shape index (κ3) is 5.19. The second kappa shape index (κ2) is 10.6. The van der Waals surface area contributed by atoms with Crippen molar-refractivity contribution in [2.24, 2.45) is 0 Å². The van der Waals surface area contributed by atoms with E-state index >= 15 is 0 Å². The monoisotopic (exact) mass is 718 g/mol. The van der Waals surface area contributed by atoms with Gasteiger partial charge in [-0.25, -0.2) is 0 Å². The van der Waals surface area contributed by atoms with Crippen LogP contribution in [0, 0.1) is 9.54 Å². The molecule has 0 fully saturated rings. The molecule has 27 heteroatoms. The van der Waals surface area contributed by atoms with Crippen LogP contribution in [0.2, 0.25) is 0 Å². The van der Waals surface area contributed by atoms with Gasteiger partial charge < -0.3 is 9.97 Å². The summed E-state index contributed by atoms with van der Waals surface area (Å²) in [5.41, 5.74) is 0. The summed E-state index contributed by atoms with van der Waals surface area (Å²) in [6.07, 6.45) is -7.97. The Balaban J connectivity index is 3.94. The summed E-state index contributed by atoms with van der Waals surface area (Å²) in [5, 5.41) is 0. The Labute approximate surface area is 231 Å². The third-order valence-corrected chi connectivity index (χ3v) is 5.45. The number of hydrogen-bond acceptors (Lipinski definition) is 4. The minimum absolute atomic E-state index is 0.0742. The number of halogens is 21. The number of nitrogens with zero attached hydrogens (tertiary/aromatic N) is 2. The molecule has 2 N–H and O–H groups in total. The minimum atomic E-state index is -9.25. The van der Waals surface area contributed by atoms with Crippen LogP contribution in [-0.2, 0) is 0 Å². The van der Waals surface area contributed by atoms with Crippen molar-refractivity contribution in [3.05, 3.63) is 22.2 Å². The van der Waals surface area contributed by atoms with Crippen molar-refractivity contribution in [3.8, 4) is 0 Å². The molecule has 1 aromatic rings. The Morgan fingerprint density at radius 3 is 1.19 bits per heavy atom. The van der Waals surface area contributed by atoms with Gasteiger partial charge in [0.2, 0.25) is 10.7 Å². The quantitative estimate of drug-likeness (QED) is 0.0987. The number of aromatic amines is 2. The molecule has 4 nitrogen and oxygen atoms in total. The fraction of sp³-hybridized carbons (Fsp3) is 0.688. The van der Waals surface area contributed by atoms with Crippen molar-refractivity contribution >= 4 is 30.4 Å². The molecule has 1 heterocycles. The molecule has 0 unspecified atom stereocenters. The highest BCUT2D eigenvalue weighted by Crippen LogP contribution is 2.66. The number of alkyl halides is 21. The van der Waals surface area contributed by atoms with Gasteiger partial charge in [-0.15, -0.1) is 6.58 Å². The number of rotatable bonds is 12. The van der Waals surface area contributed by atoms with Crippen LogP contribution in [0.4, 0.5) is 98.1 Å². The van der Waals surface area contributed by atoms with Crippen LogP contribution in [0.25, 0.3) is 0 Å². The summed E-state index contributed by atoms with van der Waals surface area (Å²) in [6.45, 7) is 0.724. The Bertz CT molecular complexity index is 1280. The lowest BCUT2D eigenvalue weighted by Crippen LogP contribution is -2.77. The molecule has 250 valence electrons. The first kappa shape index (κ1) is 38.5. The van der Waals surface area contributed by atoms with Crippen molar-refractivity contribution in [2.45, 2.75) is 59.6 Å². The first-order valence-electron chi connectivity index (χ1n) is 9.65. The lowest BCUT2D eigenvalue weighted by atomic mass is 9.87. The van der Waals surface area contributed by atoms with Gasteiger partial charge in [0, 0.05) is 6.54 Å². The second-order valence-corrected chi connectivity index (χ2v) is 8.65. The van der Waals surface area contributed by atoms with Gasteiger partial charge in [0.25, 0.3) is 0 Å². The molecule has 1 rings (SSSR count). The van der Waals surface area contributed by atoms with E-state index in [2.05, 4.69) is 36.0 Å². The van der Waals surface area contributed by atoms with Gasteiger partial charge in [-0.3, -0.25) is 4.90 Å². The molecule has 0 amide bonds. The fourth-order valence-corrected chi connectivity index (χ4v) is 3.13. The van der Waals surface area contributed by atoms with Crippen molar-refractivity contribution in [3.63, 3.8) is 0 Å². The summed E-state index contributed by atoms with van der Waals surface area (Å²) >= 11 is 8.63. The summed E-state index contributed by atoms with van der Waals surface area (Å²) in [6, 6.07) is -7.11. The number of nitrogens with one attached hydrogen (secondary N) is 2. The van der Waals surface area contributed by atoms with Crippen LogP contribution >= 0.6 is 24.4 Å². The Morgan fingerprint density at radius 1 is 0.558 bits per heavy atom. The predicted molar refractivity (Wildman–Crippen MR) is 103 cm³/mol. The van der Waals surface area contributed by atoms with Gasteiger partial charge in [0.15, 0.2) is 4.77 Å². The SMILES string of the molecule is C=CCN(c1nc(=S)[nH]c(=S)[nH]1)C(F)(F)C(F)(F)C(F)(F)C(F)(F)C(F)(F)C(F)(F)C(F)(F)C(F)(F)C(F)(F)C(F)(F)F. The average molecular weight is 718 g/mol. The molecule has 0 atom stereocenters. The molecule has 0 bridgehead atoms. The molecule has 0 aliphatic carbocycles. The zero-order valence-corrected chi connectivity index (χ0v) is 20.8. The van der Waals surface area contributed by atoms with E-state index in [1.807, 2.05) is 0 Å². The van der Waals surface area contributed by atoms with E-state index in [1.165, 1.54) is 4.98 Å². The van der Waals surface area contributed by atoms with Crippen LogP contribution in [0.3, 0.4) is 0 Å². The third-order valence-electron chi connectivity index (χ3n) is 5.05. The van der Waals surface area contributed by atoms with Gasteiger partial charge in [0.1, 0.15) is 0 Å². The smallest absolute Gasteiger partial charge is 0.308 e. The summed E-state index contributed by atoms with van der Waals surface area (Å²) in [7, 11) is 0. The Kier molecular flexibility index (Phi) is 9.47.